The van der Waals surface area contributed by atoms with Crippen LogP contribution in [0.15, 0.2) is 48.7 Å². The maximum absolute atomic E-state index is 11.0. The zero-order valence-corrected chi connectivity index (χ0v) is 10.7. The van der Waals surface area contributed by atoms with Crippen molar-refractivity contribution in [1.29, 1.82) is 0 Å². The Hall–Kier alpha value is -2.16. The lowest BCUT2D eigenvalue weighted by Gasteiger charge is -1.99. The average Bonchev–Trinajstić information content (AvgIpc) is 2.40. The minimum atomic E-state index is -0.278. The second-order valence-corrected chi connectivity index (χ2v) is 3.61. The van der Waals surface area contributed by atoms with E-state index in [4.69, 9.17) is 0 Å². The van der Waals surface area contributed by atoms with Gasteiger partial charge in [-0.1, -0.05) is 42.5 Å². The summed E-state index contributed by atoms with van der Waals surface area (Å²) < 4.78 is 4.58. The van der Waals surface area contributed by atoms with Gasteiger partial charge < -0.3 is 4.74 Å². The topological polar surface area (TPSA) is 39.2 Å². The highest BCUT2D eigenvalue weighted by Gasteiger charge is 2.02. The van der Waals surface area contributed by atoms with Crippen LogP contribution in [0.25, 0.3) is 6.08 Å². The normalized spacial score (nSPS) is 11.7. The van der Waals surface area contributed by atoms with Crippen molar-refractivity contribution in [3.63, 3.8) is 0 Å². The van der Waals surface area contributed by atoms with Gasteiger partial charge in [-0.2, -0.15) is 0 Å². The van der Waals surface area contributed by atoms with Gasteiger partial charge in [0.15, 0.2) is 0 Å². The van der Waals surface area contributed by atoms with E-state index in [2.05, 4.69) is 9.72 Å². The van der Waals surface area contributed by atoms with E-state index < -0.39 is 0 Å². The van der Waals surface area contributed by atoms with Gasteiger partial charge in [-0.15, -0.1) is 0 Å². The van der Waals surface area contributed by atoms with Crippen LogP contribution in [0.1, 0.15) is 18.2 Å². The Morgan fingerprint density at radius 1 is 1.28 bits per heavy atom. The van der Waals surface area contributed by atoms with Crippen LogP contribution >= 0.6 is 0 Å². The fraction of sp³-hybridized carbons (Fsp3) is 0.200. The summed E-state index contributed by atoms with van der Waals surface area (Å²) in [6.07, 6.45) is 13.7. The highest BCUT2D eigenvalue weighted by molar-refractivity contribution is 5.71. The summed E-state index contributed by atoms with van der Waals surface area (Å²) in [5.74, 6) is -0.278. The zero-order valence-electron chi connectivity index (χ0n) is 10.7. The summed E-state index contributed by atoms with van der Waals surface area (Å²) in [7, 11) is 1.37. The molecule has 0 aliphatic rings. The van der Waals surface area contributed by atoms with Crippen molar-refractivity contribution in [3.05, 3.63) is 60.0 Å². The molecule has 0 saturated heterocycles. The van der Waals surface area contributed by atoms with Crippen molar-refractivity contribution >= 4 is 12.0 Å². The number of rotatable bonds is 5. The number of carbonyl (C=O) groups excluding carboxylic acids is 1. The molecule has 0 spiro atoms. The summed E-state index contributed by atoms with van der Waals surface area (Å²) in [6.45, 7) is 1.97. The molecule has 0 aliphatic carbocycles. The smallest absolute Gasteiger partial charge is 0.311 e. The van der Waals surface area contributed by atoms with Gasteiger partial charge in [0.25, 0.3) is 0 Å². The van der Waals surface area contributed by atoms with E-state index in [-0.39, 0.29) is 12.4 Å². The second-order valence-electron chi connectivity index (χ2n) is 3.61. The Balaban J connectivity index is 2.57. The van der Waals surface area contributed by atoms with Gasteiger partial charge in [-0.05, 0) is 18.6 Å². The number of allylic oxidation sites excluding steroid dienone is 5. The molecule has 0 radical (unpaired) electrons. The summed E-state index contributed by atoms with van der Waals surface area (Å²) in [6, 6.07) is 3.75. The van der Waals surface area contributed by atoms with Crippen molar-refractivity contribution < 1.29 is 9.53 Å². The molecule has 0 atom stereocenters. The Labute approximate surface area is 108 Å². The first-order valence-electron chi connectivity index (χ1n) is 5.74. The van der Waals surface area contributed by atoms with E-state index in [9.17, 15) is 4.79 Å². The van der Waals surface area contributed by atoms with Crippen LogP contribution in [0, 0.1) is 0 Å². The highest BCUT2D eigenvalue weighted by atomic mass is 16.5. The van der Waals surface area contributed by atoms with Gasteiger partial charge >= 0.3 is 5.97 Å². The monoisotopic (exact) mass is 243 g/mol. The van der Waals surface area contributed by atoms with Crippen molar-refractivity contribution in [3.8, 4) is 0 Å². The molecular weight excluding hydrogens is 226 g/mol. The number of nitrogens with zero attached hydrogens (tertiary/aromatic N) is 1. The van der Waals surface area contributed by atoms with Crippen LogP contribution in [0.2, 0.25) is 0 Å². The number of aromatic nitrogens is 1. The van der Waals surface area contributed by atoms with Crippen LogP contribution in [0.3, 0.4) is 0 Å². The van der Waals surface area contributed by atoms with E-state index >= 15 is 0 Å². The SMILES string of the molecule is C\C=C/C=C\C=C\c1ccc(CC(=O)OC)nc1. The molecule has 0 amide bonds. The third-order valence-electron chi connectivity index (χ3n) is 2.22. The lowest BCUT2D eigenvalue weighted by atomic mass is 10.2. The van der Waals surface area contributed by atoms with E-state index in [0.29, 0.717) is 5.69 Å². The molecule has 18 heavy (non-hydrogen) atoms. The maximum Gasteiger partial charge on any atom is 0.311 e. The van der Waals surface area contributed by atoms with E-state index in [0.717, 1.165) is 5.56 Å². The summed E-state index contributed by atoms with van der Waals surface area (Å²) in [5.41, 5.74) is 1.71. The molecule has 0 saturated carbocycles. The minimum absolute atomic E-state index is 0.210. The fourth-order valence-electron chi connectivity index (χ4n) is 1.27. The first-order valence-corrected chi connectivity index (χ1v) is 5.74. The van der Waals surface area contributed by atoms with E-state index in [1.807, 2.05) is 55.5 Å². The molecule has 1 aromatic heterocycles. The number of hydrogen-bond donors (Lipinski definition) is 0. The molecule has 0 bridgehead atoms. The number of hydrogen-bond acceptors (Lipinski definition) is 3. The van der Waals surface area contributed by atoms with Crippen molar-refractivity contribution in [1.82, 2.24) is 4.98 Å². The molecule has 3 heteroatoms. The average molecular weight is 243 g/mol. The van der Waals surface area contributed by atoms with Gasteiger partial charge in [0.2, 0.25) is 0 Å². The molecule has 1 rings (SSSR count). The molecule has 0 N–H and O–H groups in total. The Kier molecular flexibility index (Phi) is 6.19. The van der Waals surface area contributed by atoms with Crippen LogP contribution in [0.5, 0.6) is 0 Å². The number of ether oxygens (including phenoxy) is 1. The first-order chi connectivity index (χ1) is 8.76. The lowest BCUT2D eigenvalue weighted by Crippen LogP contribution is -2.05. The second kappa shape index (κ2) is 8.01. The number of methoxy groups -OCH3 is 1. The Morgan fingerprint density at radius 3 is 2.67 bits per heavy atom. The quantitative estimate of drug-likeness (QED) is 0.589. The third kappa shape index (κ3) is 5.25. The molecule has 0 aromatic carbocycles. The zero-order chi connectivity index (χ0) is 13.2. The van der Waals surface area contributed by atoms with E-state index in [1.165, 1.54) is 7.11 Å². The van der Waals surface area contributed by atoms with Gasteiger partial charge in [0.1, 0.15) is 0 Å². The number of carbonyl (C=O) groups is 1. The fourth-order valence-corrected chi connectivity index (χ4v) is 1.27. The predicted octanol–water partition coefficient (Wildman–Crippen LogP) is 2.94. The minimum Gasteiger partial charge on any atom is -0.469 e. The molecule has 0 fully saturated rings. The third-order valence-corrected chi connectivity index (χ3v) is 2.22. The van der Waals surface area contributed by atoms with Gasteiger partial charge in [-0.3, -0.25) is 9.78 Å². The molecule has 1 heterocycles. The standard InChI is InChI=1S/C15H17NO2/c1-3-4-5-6-7-8-13-9-10-14(16-12-13)11-15(17)18-2/h3-10,12H,11H2,1-2H3/b4-3-,6-5-,8-7+. The van der Waals surface area contributed by atoms with Crippen LogP contribution in [0.4, 0.5) is 0 Å². The molecule has 1 aromatic rings. The summed E-state index contributed by atoms with van der Waals surface area (Å²) >= 11 is 0. The largest absolute Gasteiger partial charge is 0.469 e. The van der Waals surface area contributed by atoms with Crippen LogP contribution < -0.4 is 0 Å². The maximum atomic E-state index is 11.0. The predicted molar refractivity (Wildman–Crippen MR) is 72.9 cm³/mol. The lowest BCUT2D eigenvalue weighted by molar-refractivity contribution is -0.139. The van der Waals surface area contributed by atoms with Crippen LogP contribution in [-0.4, -0.2) is 18.1 Å². The molecule has 0 unspecified atom stereocenters. The Bertz CT molecular complexity index is 456. The van der Waals surface area contributed by atoms with E-state index in [1.54, 1.807) is 6.20 Å². The Morgan fingerprint density at radius 2 is 2.06 bits per heavy atom. The molecule has 3 nitrogen and oxygen atoms in total. The molecule has 94 valence electrons. The van der Waals surface area contributed by atoms with Crippen LogP contribution in [-0.2, 0) is 16.0 Å². The van der Waals surface area contributed by atoms with Crippen molar-refractivity contribution in [2.24, 2.45) is 0 Å². The molecule has 0 aliphatic heterocycles. The number of pyridine rings is 1. The van der Waals surface area contributed by atoms with Crippen molar-refractivity contribution in [2.45, 2.75) is 13.3 Å². The summed E-state index contributed by atoms with van der Waals surface area (Å²) in [4.78, 5) is 15.2. The van der Waals surface area contributed by atoms with Gasteiger partial charge in [-0.25, -0.2) is 0 Å². The number of esters is 1. The van der Waals surface area contributed by atoms with Gasteiger partial charge in [0.05, 0.1) is 19.2 Å². The first kappa shape index (κ1) is 13.9. The molecular formula is C15H17NO2. The van der Waals surface area contributed by atoms with Crippen molar-refractivity contribution in [2.75, 3.05) is 7.11 Å². The summed E-state index contributed by atoms with van der Waals surface area (Å²) in [5, 5.41) is 0. The highest BCUT2D eigenvalue weighted by Crippen LogP contribution is 2.04. The van der Waals surface area contributed by atoms with Gasteiger partial charge in [0, 0.05) is 6.20 Å².